The largest absolute Gasteiger partial charge is 0.293 e. The third kappa shape index (κ3) is 4.43. The van der Waals surface area contributed by atoms with Gasteiger partial charge in [-0.3, -0.25) is 9.48 Å². The van der Waals surface area contributed by atoms with Gasteiger partial charge in [0.2, 0.25) is 0 Å². The molecule has 4 heteroatoms. The molecule has 0 unspecified atom stereocenters. The molecule has 0 bridgehead atoms. The van der Waals surface area contributed by atoms with Crippen LogP contribution in [0.1, 0.15) is 36.6 Å². The summed E-state index contributed by atoms with van der Waals surface area (Å²) in [5.41, 5.74) is 6.17. The van der Waals surface area contributed by atoms with E-state index in [1.165, 1.54) is 16.8 Å². The maximum absolute atomic E-state index is 13.5. The SMILES string of the molecule is CC/C=C(/C#N)C(=O)[C@@H](Cc1ccccc1)[C@@H]1CCc2c(nn(C)c2-c2ccccc2)C1. The maximum atomic E-state index is 13.5. The third-order valence-corrected chi connectivity index (χ3v) is 6.49. The number of benzene rings is 2. The summed E-state index contributed by atoms with van der Waals surface area (Å²) in [7, 11) is 2.00. The zero-order chi connectivity index (χ0) is 22.5. The number of nitrogens with zero attached hydrogens (tertiary/aromatic N) is 3. The van der Waals surface area contributed by atoms with Gasteiger partial charge < -0.3 is 0 Å². The van der Waals surface area contributed by atoms with E-state index in [4.69, 9.17) is 5.10 Å². The number of ketones is 1. The van der Waals surface area contributed by atoms with Crippen molar-refractivity contribution in [3.05, 3.63) is 89.1 Å². The van der Waals surface area contributed by atoms with E-state index in [1.807, 2.05) is 42.9 Å². The van der Waals surface area contributed by atoms with E-state index in [1.54, 1.807) is 6.08 Å². The summed E-state index contributed by atoms with van der Waals surface area (Å²) in [4.78, 5) is 13.5. The van der Waals surface area contributed by atoms with Crippen molar-refractivity contribution >= 4 is 5.78 Å². The van der Waals surface area contributed by atoms with Crippen molar-refractivity contribution in [3.8, 4) is 17.3 Å². The lowest BCUT2D eigenvalue weighted by Gasteiger charge is -2.29. The summed E-state index contributed by atoms with van der Waals surface area (Å²) in [5, 5.41) is 14.5. The van der Waals surface area contributed by atoms with Crippen molar-refractivity contribution in [1.82, 2.24) is 9.78 Å². The quantitative estimate of drug-likeness (QED) is 0.373. The molecule has 1 aromatic heterocycles. The van der Waals surface area contributed by atoms with Crippen LogP contribution in [0.15, 0.2) is 72.3 Å². The Kier molecular flexibility index (Phi) is 6.66. The Morgan fingerprint density at radius 1 is 1.19 bits per heavy atom. The van der Waals surface area contributed by atoms with Crippen molar-refractivity contribution in [2.45, 2.75) is 39.0 Å². The molecule has 0 spiro atoms. The fourth-order valence-corrected chi connectivity index (χ4v) is 4.98. The van der Waals surface area contributed by atoms with Crippen LogP contribution in [0.25, 0.3) is 11.3 Å². The van der Waals surface area contributed by atoms with Crippen LogP contribution >= 0.6 is 0 Å². The highest BCUT2D eigenvalue weighted by molar-refractivity contribution is 6.01. The molecule has 1 aliphatic carbocycles. The predicted octanol–water partition coefficient (Wildman–Crippen LogP) is 5.48. The highest BCUT2D eigenvalue weighted by atomic mass is 16.1. The number of Topliss-reactive ketones (excluding diaryl/α,β-unsaturated/α-hetero) is 1. The molecule has 0 saturated heterocycles. The zero-order valence-electron chi connectivity index (χ0n) is 18.8. The molecule has 0 aliphatic heterocycles. The normalized spacial score (nSPS) is 16.8. The average molecular weight is 424 g/mol. The van der Waals surface area contributed by atoms with Crippen LogP contribution in [0.3, 0.4) is 0 Å². The molecule has 0 amide bonds. The Balaban J connectivity index is 1.66. The van der Waals surface area contributed by atoms with Crippen molar-refractivity contribution in [3.63, 3.8) is 0 Å². The van der Waals surface area contributed by atoms with E-state index in [0.717, 1.165) is 30.5 Å². The number of fused-ring (bicyclic) bond motifs is 1. The highest BCUT2D eigenvalue weighted by Crippen LogP contribution is 2.37. The molecule has 2 atom stereocenters. The molecular formula is C28H29N3O. The van der Waals surface area contributed by atoms with E-state index in [0.29, 0.717) is 18.4 Å². The summed E-state index contributed by atoms with van der Waals surface area (Å²) in [5.74, 6) is -0.0709. The Labute approximate surface area is 190 Å². The molecular weight excluding hydrogens is 394 g/mol. The summed E-state index contributed by atoms with van der Waals surface area (Å²) in [6, 6.07) is 22.7. The number of hydrogen-bond donors (Lipinski definition) is 0. The standard InChI is InChI=1S/C28H29N3O/c1-3-10-23(19-29)28(32)25(17-20-11-6-4-7-12-20)22-15-16-24-26(18-22)30-31(2)27(24)21-13-8-5-9-14-21/h4-14,22,25H,3,15-18H2,1-2H3/b23-10-/t22-,25+/m1/s1. The smallest absolute Gasteiger partial charge is 0.176 e. The molecule has 2 aromatic carbocycles. The Hall–Kier alpha value is -3.45. The van der Waals surface area contributed by atoms with Gasteiger partial charge in [0.15, 0.2) is 5.78 Å². The lowest BCUT2D eigenvalue weighted by molar-refractivity contribution is -0.120. The van der Waals surface area contributed by atoms with Crippen LogP contribution < -0.4 is 0 Å². The van der Waals surface area contributed by atoms with Gasteiger partial charge in [0.25, 0.3) is 0 Å². The number of aryl methyl sites for hydroxylation is 1. The van der Waals surface area contributed by atoms with Gasteiger partial charge >= 0.3 is 0 Å². The first kappa shape index (κ1) is 21.8. The number of carbonyl (C=O) groups is 1. The van der Waals surface area contributed by atoms with Gasteiger partial charge in [-0.25, -0.2) is 0 Å². The number of rotatable bonds is 7. The summed E-state index contributed by atoms with van der Waals surface area (Å²) < 4.78 is 1.98. The number of hydrogen-bond acceptors (Lipinski definition) is 3. The molecule has 0 radical (unpaired) electrons. The van der Waals surface area contributed by atoms with Gasteiger partial charge in [-0.1, -0.05) is 73.7 Å². The lowest BCUT2D eigenvalue weighted by Crippen LogP contribution is -2.31. The minimum Gasteiger partial charge on any atom is -0.293 e. The summed E-state index contributed by atoms with van der Waals surface area (Å²) in [6.07, 6.45) is 5.69. The van der Waals surface area contributed by atoms with Crippen LogP contribution in [0.4, 0.5) is 0 Å². The Bertz CT molecular complexity index is 1150. The van der Waals surface area contributed by atoms with Gasteiger partial charge in [-0.15, -0.1) is 0 Å². The van der Waals surface area contributed by atoms with E-state index in [-0.39, 0.29) is 17.6 Å². The monoisotopic (exact) mass is 423 g/mol. The predicted molar refractivity (Wildman–Crippen MR) is 127 cm³/mol. The van der Waals surface area contributed by atoms with Crippen LogP contribution in [0.2, 0.25) is 0 Å². The van der Waals surface area contributed by atoms with Gasteiger partial charge in [-0.2, -0.15) is 10.4 Å². The molecule has 4 rings (SSSR count). The molecule has 162 valence electrons. The van der Waals surface area contributed by atoms with Gasteiger partial charge in [0.05, 0.1) is 17.0 Å². The highest BCUT2D eigenvalue weighted by Gasteiger charge is 2.35. The minimum atomic E-state index is -0.217. The van der Waals surface area contributed by atoms with E-state index in [2.05, 4.69) is 42.5 Å². The first-order chi connectivity index (χ1) is 15.6. The minimum absolute atomic E-state index is 0.0223. The second kappa shape index (κ2) is 9.78. The third-order valence-electron chi connectivity index (χ3n) is 6.49. The zero-order valence-corrected chi connectivity index (χ0v) is 18.8. The van der Waals surface area contributed by atoms with E-state index < -0.39 is 0 Å². The van der Waals surface area contributed by atoms with Crippen molar-refractivity contribution < 1.29 is 4.79 Å². The van der Waals surface area contributed by atoms with E-state index >= 15 is 0 Å². The second-order valence-electron chi connectivity index (χ2n) is 8.56. The van der Waals surface area contributed by atoms with Crippen LogP contribution in [0.5, 0.6) is 0 Å². The van der Waals surface area contributed by atoms with Crippen molar-refractivity contribution in [2.24, 2.45) is 18.9 Å². The Morgan fingerprint density at radius 3 is 2.53 bits per heavy atom. The number of carbonyl (C=O) groups excluding carboxylic acids is 1. The number of nitriles is 1. The molecule has 0 fully saturated rings. The lowest BCUT2D eigenvalue weighted by atomic mass is 9.73. The van der Waals surface area contributed by atoms with Gasteiger partial charge in [0.1, 0.15) is 6.07 Å². The van der Waals surface area contributed by atoms with Gasteiger partial charge in [0, 0.05) is 24.1 Å². The van der Waals surface area contributed by atoms with Crippen molar-refractivity contribution in [2.75, 3.05) is 0 Å². The second-order valence-corrected chi connectivity index (χ2v) is 8.56. The number of aromatic nitrogens is 2. The Morgan fingerprint density at radius 2 is 1.88 bits per heavy atom. The topological polar surface area (TPSA) is 58.7 Å². The average Bonchev–Trinajstić information content (AvgIpc) is 3.16. The molecule has 0 N–H and O–H groups in total. The first-order valence-corrected chi connectivity index (χ1v) is 11.4. The molecule has 1 aliphatic rings. The molecule has 1 heterocycles. The van der Waals surface area contributed by atoms with Crippen molar-refractivity contribution in [1.29, 1.82) is 5.26 Å². The fourth-order valence-electron chi connectivity index (χ4n) is 4.98. The molecule has 3 aromatic rings. The molecule has 32 heavy (non-hydrogen) atoms. The van der Waals surface area contributed by atoms with Gasteiger partial charge in [-0.05, 0) is 43.6 Å². The maximum Gasteiger partial charge on any atom is 0.176 e. The summed E-state index contributed by atoms with van der Waals surface area (Å²) in [6.45, 7) is 1.96. The first-order valence-electron chi connectivity index (χ1n) is 11.4. The molecule has 4 nitrogen and oxygen atoms in total. The molecule has 0 saturated carbocycles. The summed E-state index contributed by atoms with van der Waals surface area (Å²) >= 11 is 0. The fraction of sp³-hybridized carbons (Fsp3) is 0.321. The van der Waals surface area contributed by atoms with Crippen LogP contribution in [0, 0.1) is 23.2 Å². The van der Waals surface area contributed by atoms with E-state index in [9.17, 15) is 10.1 Å². The van der Waals surface area contributed by atoms with Crippen LogP contribution in [-0.4, -0.2) is 15.6 Å². The van der Waals surface area contributed by atoms with Crippen LogP contribution in [-0.2, 0) is 31.1 Å². The number of allylic oxidation sites excluding steroid dienone is 2.